The molecule has 0 unspecified atom stereocenters. The second-order valence-corrected chi connectivity index (χ2v) is 7.15. The summed E-state index contributed by atoms with van der Waals surface area (Å²) in [7, 11) is 0. The van der Waals surface area contributed by atoms with Gasteiger partial charge in [-0.05, 0) is 31.0 Å². The Balaban J connectivity index is 1.89. The molecule has 4 rings (SSSR count). The van der Waals surface area contributed by atoms with Crippen molar-refractivity contribution in [2.75, 3.05) is 0 Å². The summed E-state index contributed by atoms with van der Waals surface area (Å²) in [5.74, 6) is 0. The van der Waals surface area contributed by atoms with Gasteiger partial charge in [-0.2, -0.15) is 0 Å². The van der Waals surface area contributed by atoms with E-state index in [0.717, 1.165) is 28.9 Å². The Morgan fingerprint density at radius 3 is 2.72 bits per heavy atom. The number of aromatic nitrogens is 1. The number of para-hydroxylation sites is 2. The molecular weight excluding hydrogens is 358 g/mol. The molecule has 0 bridgehead atoms. The predicted octanol–water partition coefficient (Wildman–Crippen LogP) is 5.35. The predicted molar refractivity (Wildman–Crippen MR) is 99.3 cm³/mol. The summed E-state index contributed by atoms with van der Waals surface area (Å²) in [4.78, 5) is 16.2. The van der Waals surface area contributed by atoms with Crippen LogP contribution >= 0.6 is 22.9 Å². The van der Waals surface area contributed by atoms with Crippen molar-refractivity contribution < 1.29 is 4.92 Å². The van der Waals surface area contributed by atoms with Crippen LogP contribution in [0.2, 0.25) is 5.02 Å². The van der Waals surface area contributed by atoms with E-state index in [-0.39, 0.29) is 5.69 Å². The molecular formula is C18H14ClN3O2S. The van der Waals surface area contributed by atoms with Crippen molar-refractivity contribution in [1.29, 1.82) is 0 Å². The monoisotopic (exact) mass is 371 g/mol. The van der Waals surface area contributed by atoms with E-state index in [4.69, 9.17) is 11.6 Å². The Labute approximate surface area is 153 Å². The van der Waals surface area contributed by atoms with Crippen LogP contribution in [0.3, 0.4) is 0 Å². The number of thiazole rings is 1. The molecule has 7 heteroatoms. The largest absolute Gasteiger partial charge is 0.313 e. The fourth-order valence-electron chi connectivity index (χ4n) is 2.76. The fraction of sp³-hybridized carbons (Fsp3) is 0.167. The maximum atomic E-state index is 11.2. The molecule has 0 N–H and O–H groups in total. The lowest BCUT2D eigenvalue weighted by atomic mass is 10.2. The second-order valence-electron chi connectivity index (χ2n) is 5.87. The average molecular weight is 372 g/mol. The maximum Gasteiger partial charge on any atom is 0.294 e. The highest BCUT2D eigenvalue weighted by atomic mass is 35.5. The van der Waals surface area contributed by atoms with E-state index in [1.165, 1.54) is 17.4 Å². The van der Waals surface area contributed by atoms with E-state index in [1.807, 2.05) is 29.6 Å². The minimum atomic E-state index is -0.397. The fourth-order valence-corrected chi connectivity index (χ4v) is 3.93. The third-order valence-corrected chi connectivity index (χ3v) is 5.14. The Hall–Kier alpha value is -2.44. The molecule has 2 aromatic carbocycles. The van der Waals surface area contributed by atoms with E-state index < -0.39 is 4.92 Å². The van der Waals surface area contributed by atoms with Crippen LogP contribution in [-0.2, 0) is 0 Å². The van der Waals surface area contributed by atoms with Gasteiger partial charge in [-0.25, -0.2) is 4.99 Å². The quantitative estimate of drug-likeness (QED) is 0.458. The van der Waals surface area contributed by atoms with Crippen molar-refractivity contribution in [1.82, 2.24) is 4.57 Å². The number of nitro groups is 1. The van der Waals surface area contributed by atoms with E-state index in [2.05, 4.69) is 9.56 Å². The number of hydrogen-bond acceptors (Lipinski definition) is 4. The van der Waals surface area contributed by atoms with Gasteiger partial charge in [-0.15, -0.1) is 11.3 Å². The topological polar surface area (TPSA) is 60.4 Å². The summed E-state index contributed by atoms with van der Waals surface area (Å²) in [5, 5.41) is 14.0. The van der Waals surface area contributed by atoms with Crippen molar-refractivity contribution in [3.05, 3.63) is 73.8 Å². The first kappa shape index (κ1) is 16.1. The smallest absolute Gasteiger partial charge is 0.294 e. The molecule has 0 radical (unpaired) electrons. The first-order valence-electron chi connectivity index (χ1n) is 7.87. The molecule has 1 aromatic heterocycles. The summed E-state index contributed by atoms with van der Waals surface area (Å²) in [6.45, 7) is 0. The molecule has 0 saturated heterocycles. The molecule has 126 valence electrons. The lowest BCUT2D eigenvalue weighted by Gasteiger charge is -2.08. The summed E-state index contributed by atoms with van der Waals surface area (Å²) < 4.78 is 2.17. The number of nitrogens with zero attached hydrogens (tertiary/aromatic N) is 3. The van der Waals surface area contributed by atoms with Gasteiger partial charge >= 0.3 is 0 Å². The minimum absolute atomic E-state index is 0.0163. The Morgan fingerprint density at radius 2 is 2.00 bits per heavy atom. The molecule has 0 spiro atoms. The van der Waals surface area contributed by atoms with Crippen LogP contribution in [0.5, 0.6) is 0 Å². The third-order valence-electron chi connectivity index (χ3n) is 4.07. The molecule has 3 aromatic rings. The van der Waals surface area contributed by atoms with Gasteiger partial charge in [0, 0.05) is 28.1 Å². The van der Waals surface area contributed by atoms with Gasteiger partial charge in [0.15, 0.2) is 4.80 Å². The van der Waals surface area contributed by atoms with Gasteiger partial charge in [-0.3, -0.25) is 10.1 Å². The zero-order valence-electron chi connectivity index (χ0n) is 13.1. The number of halogens is 1. The van der Waals surface area contributed by atoms with Crippen LogP contribution in [-0.4, -0.2) is 9.49 Å². The van der Waals surface area contributed by atoms with Crippen LogP contribution in [0, 0.1) is 10.1 Å². The summed E-state index contributed by atoms with van der Waals surface area (Å²) >= 11 is 7.62. The Bertz CT molecular complexity index is 1020. The third kappa shape index (κ3) is 3.23. The standard InChI is InChI=1S/C18H14ClN3O2S/c19-13-5-3-4-12(10-13)17-11-25-18(21(17)14-8-9-14)20-15-6-1-2-7-16(15)22(23)24/h1-7,10-11,14H,8-9H2. The lowest BCUT2D eigenvalue weighted by molar-refractivity contribution is -0.384. The number of benzene rings is 2. The highest BCUT2D eigenvalue weighted by molar-refractivity contribution is 7.07. The average Bonchev–Trinajstić information content (AvgIpc) is 3.36. The molecule has 0 amide bonds. The summed E-state index contributed by atoms with van der Waals surface area (Å²) in [6.07, 6.45) is 2.18. The van der Waals surface area contributed by atoms with E-state index in [1.54, 1.807) is 18.2 Å². The van der Waals surface area contributed by atoms with Crippen LogP contribution in [0.1, 0.15) is 18.9 Å². The molecule has 1 saturated carbocycles. The zero-order chi connectivity index (χ0) is 17.4. The molecule has 0 atom stereocenters. The highest BCUT2D eigenvalue weighted by Gasteiger charge is 2.27. The van der Waals surface area contributed by atoms with E-state index in [9.17, 15) is 10.1 Å². The number of rotatable bonds is 4. The van der Waals surface area contributed by atoms with Crippen LogP contribution in [0.4, 0.5) is 11.4 Å². The van der Waals surface area contributed by atoms with Crippen molar-refractivity contribution in [3.8, 4) is 11.3 Å². The van der Waals surface area contributed by atoms with Gasteiger partial charge in [-0.1, -0.05) is 35.9 Å². The highest BCUT2D eigenvalue weighted by Crippen LogP contribution is 2.38. The van der Waals surface area contributed by atoms with Gasteiger partial charge in [0.1, 0.15) is 5.69 Å². The first-order valence-corrected chi connectivity index (χ1v) is 9.13. The minimum Gasteiger partial charge on any atom is -0.313 e. The first-order chi connectivity index (χ1) is 12.1. The Kier molecular flexibility index (Phi) is 4.15. The van der Waals surface area contributed by atoms with Crippen molar-refractivity contribution in [2.24, 2.45) is 4.99 Å². The second kappa shape index (κ2) is 6.46. The van der Waals surface area contributed by atoms with Gasteiger partial charge < -0.3 is 4.57 Å². The molecule has 1 heterocycles. The lowest BCUT2D eigenvalue weighted by Crippen LogP contribution is -2.14. The van der Waals surface area contributed by atoms with Crippen molar-refractivity contribution >= 4 is 34.3 Å². The van der Waals surface area contributed by atoms with Crippen LogP contribution in [0.15, 0.2) is 58.9 Å². The maximum absolute atomic E-state index is 11.2. The zero-order valence-corrected chi connectivity index (χ0v) is 14.7. The van der Waals surface area contributed by atoms with Crippen molar-refractivity contribution in [3.63, 3.8) is 0 Å². The normalized spacial score (nSPS) is 14.7. The molecule has 1 fully saturated rings. The molecule has 25 heavy (non-hydrogen) atoms. The molecule has 0 aliphatic heterocycles. The molecule has 1 aliphatic rings. The molecule has 1 aliphatic carbocycles. The van der Waals surface area contributed by atoms with Gasteiger partial charge in [0.25, 0.3) is 5.69 Å². The SMILES string of the molecule is O=[N+]([O-])c1ccccc1N=c1scc(-c2cccc(Cl)c2)n1C1CC1. The van der Waals surface area contributed by atoms with Gasteiger partial charge in [0.2, 0.25) is 0 Å². The summed E-state index contributed by atoms with van der Waals surface area (Å²) in [6, 6.07) is 14.7. The van der Waals surface area contributed by atoms with Crippen LogP contribution < -0.4 is 4.80 Å². The van der Waals surface area contributed by atoms with E-state index in [0.29, 0.717) is 16.8 Å². The summed E-state index contributed by atoms with van der Waals surface area (Å²) in [5.41, 5.74) is 2.47. The number of nitro benzene ring substituents is 1. The van der Waals surface area contributed by atoms with E-state index >= 15 is 0 Å². The van der Waals surface area contributed by atoms with Gasteiger partial charge in [0.05, 0.1) is 10.6 Å². The number of hydrogen-bond donors (Lipinski definition) is 0. The van der Waals surface area contributed by atoms with Crippen LogP contribution in [0.25, 0.3) is 11.3 Å². The van der Waals surface area contributed by atoms with Crippen molar-refractivity contribution in [2.45, 2.75) is 18.9 Å². The molecule has 5 nitrogen and oxygen atoms in total. The Morgan fingerprint density at radius 1 is 1.20 bits per heavy atom.